The smallest absolute Gasteiger partial charge is 0.0969 e. The molecular weight excluding hydrogens is 248 g/mol. The minimum absolute atomic E-state index is 0.514. The Labute approximate surface area is 118 Å². The van der Waals surface area contributed by atoms with Crippen molar-refractivity contribution < 1.29 is 5.11 Å². The van der Waals surface area contributed by atoms with Crippen molar-refractivity contribution >= 4 is 10.8 Å². The Morgan fingerprint density at radius 3 is 2.70 bits per heavy atom. The molecule has 1 aromatic heterocycles. The molecule has 3 heteroatoms. The van der Waals surface area contributed by atoms with Gasteiger partial charge in [-0.05, 0) is 34.4 Å². The molecule has 3 aromatic rings. The van der Waals surface area contributed by atoms with Crippen LogP contribution in [0.5, 0.6) is 0 Å². The Balaban J connectivity index is 1.88. The molecule has 0 aliphatic rings. The van der Waals surface area contributed by atoms with E-state index in [9.17, 15) is 5.11 Å². The van der Waals surface area contributed by atoms with Crippen molar-refractivity contribution in [2.45, 2.75) is 26.0 Å². The van der Waals surface area contributed by atoms with Gasteiger partial charge in [0.1, 0.15) is 0 Å². The van der Waals surface area contributed by atoms with Crippen LogP contribution in [0.4, 0.5) is 0 Å². The Morgan fingerprint density at radius 1 is 1.15 bits per heavy atom. The summed E-state index contributed by atoms with van der Waals surface area (Å²) >= 11 is 0. The average molecular weight is 266 g/mol. The van der Waals surface area contributed by atoms with E-state index in [1.807, 2.05) is 16.8 Å². The van der Waals surface area contributed by atoms with Gasteiger partial charge in [0, 0.05) is 12.4 Å². The molecule has 0 radical (unpaired) electrons. The highest BCUT2D eigenvalue weighted by molar-refractivity contribution is 5.83. The molecule has 1 heterocycles. The predicted octanol–water partition coefficient (Wildman–Crippen LogP) is 3.33. The number of rotatable bonds is 4. The molecule has 0 fully saturated rings. The number of aromatic nitrogens is 2. The van der Waals surface area contributed by atoms with E-state index < -0.39 is 6.10 Å². The fourth-order valence-electron chi connectivity index (χ4n) is 2.44. The zero-order valence-electron chi connectivity index (χ0n) is 11.5. The number of hydrogen-bond donors (Lipinski definition) is 1. The van der Waals surface area contributed by atoms with Gasteiger partial charge >= 0.3 is 0 Å². The maximum atomic E-state index is 10.3. The third-order valence-electron chi connectivity index (χ3n) is 3.66. The van der Waals surface area contributed by atoms with Crippen LogP contribution in [0.3, 0.4) is 0 Å². The molecular formula is C17H18N2O. The molecule has 0 saturated heterocycles. The Morgan fingerprint density at radius 2 is 1.95 bits per heavy atom. The van der Waals surface area contributed by atoms with Crippen LogP contribution in [0.25, 0.3) is 10.8 Å². The maximum Gasteiger partial charge on any atom is 0.0969 e. The molecule has 0 aliphatic carbocycles. The maximum absolute atomic E-state index is 10.3. The van der Waals surface area contributed by atoms with Crippen LogP contribution in [0.2, 0.25) is 0 Å². The standard InChI is InChI=1S/C17H18N2O/c1-2-13-3-4-15-10-16(6-5-14(15)9-13)17(20)11-19-8-7-18-12-19/h3-10,12,17,20H,2,11H2,1H3. The van der Waals surface area contributed by atoms with Crippen molar-refractivity contribution in [2.75, 3.05) is 0 Å². The number of hydrogen-bond acceptors (Lipinski definition) is 2. The largest absolute Gasteiger partial charge is 0.387 e. The average Bonchev–Trinajstić information content (AvgIpc) is 2.99. The minimum atomic E-state index is -0.514. The Kier molecular flexibility index (Phi) is 3.52. The molecule has 20 heavy (non-hydrogen) atoms. The van der Waals surface area contributed by atoms with Gasteiger partial charge in [0.15, 0.2) is 0 Å². The van der Waals surface area contributed by atoms with Crippen LogP contribution in [-0.4, -0.2) is 14.7 Å². The van der Waals surface area contributed by atoms with Gasteiger partial charge in [0.05, 0.1) is 19.0 Å². The highest BCUT2D eigenvalue weighted by Crippen LogP contribution is 2.22. The van der Waals surface area contributed by atoms with Gasteiger partial charge in [0.2, 0.25) is 0 Å². The monoisotopic (exact) mass is 266 g/mol. The fraction of sp³-hybridized carbons (Fsp3) is 0.235. The summed E-state index contributed by atoms with van der Waals surface area (Å²) in [6.07, 6.45) is 5.83. The van der Waals surface area contributed by atoms with E-state index in [1.54, 1.807) is 12.5 Å². The van der Waals surface area contributed by atoms with Crippen LogP contribution in [0.15, 0.2) is 55.1 Å². The normalized spacial score (nSPS) is 12.7. The molecule has 0 bridgehead atoms. The first-order valence-corrected chi connectivity index (χ1v) is 6.92. The number of aliphatic hydroxyl groups is 1. The summed E-state index contributed by atoms with van der Waals surface area (Å²) in [5.41, 5.74) is 2.28. The number of benzene rings is 2. The zero-order chi connectivity index (χ0) is 13.9. The van der Waals surface area contributed by atoms with Gasteiger partial charge < -0.3 is 9.67 Å². The van der Waals surface area contributed by atoms with Crippen LogP contribution < -0.4 is 0 Å². The summed E-state index contributed by atoms with van der Waals surface area (Å²) in [5.74, 6) is 0. The molecule has 1 unspecified atom stereocenters. The summed E-state index contributed by atoms with van der Waals surface area (Å²) in [6, 6.07) is 12.6. The zero-order valence-corrected chi connectivity index (χ0v) is 11.5. The van der Waals surface area contributed by atoms with Crippen LogP contribution in [-0.2, 0) is 13.0 Å². The van der Waals surface area contributed by atoms with E-state index in [-0.39, 0.29) is 0 Å². The highest BCUT2D eigenvalue weighted by atomic mass is 16.3. The Hall–Kier alpha value is -2.13. The van der Waals surface area contributed by atoms with Crippen LogP contribution in [0, 0.1) is 0 Å². The SMILES string of the molecule is CCc1ccc2cc(C(O)Cn3ccnc3)ccc2c1. The summed E-state index contributed by atoms with van der Waals surface area (Å²) in [6.45, 7) is 2.68. The summed E-state index contributed by atoms with van der Waals surface area (Å²) in [5, 5.41) is 12.7. The number of aryl methyl sites for hydroxylation is 1. The molecule has 3 nitrogen and oxygen atoms in total. The Bertz CT molecular complexity index is 704. The van der Waals surface area contributed by atoms with E-state index >= 15 is 0 Å². The molecule has 0 aliphatic heterocycles. The molecule has 0 spiro atoms. The van der Waals surface area contributed by atoms with Crippen LogP contribution in [0.1, 0.15) is 24.2 Å². The van der Waals surface area contributed by atoms with Crippen molar-refractivity contribution in [1.82, 2.24) is 9.55 Å². The first-order chi connectivity index (χ1) is 9.76. The van der Waals surface area contributed by atoms with Gasteiger partial charge in [-0.2, -0.15) is 0 Å². The quantitative estimate of drug-likeness (QED) is 0.786. The lowest BCUT2D eigenvalue weighted by molar-refractivity contribution is 0.156. The van der Waals surface area contributed by atoms with Crippen molar-refractivity contribution in [3.05, 3.63) is 66.2 Å². The van der Waals surface area contributed by atoms with E-state index in [4.69, 9.17) is 0 Å². The number of fused-ring (bicyclic) bond motifs is 1. The lowest BCUT2D eigenvalue weighted by atomic mass is 10.0. The van der Waals surface area contributed by atoms with E-state index in [0.29, 0.717) is 6.54 Å². The molecule has 3 rings (SSSR count). The van der Waals surface area contributed by atoms with E-state index in [1.165, 1.54) is 16.3 Å². The van der Waals surface area contributed by atoms with Crippen molar-refractivity contribution in [3.8, 4) is 0 Å². The van der Waals surface area contributed by atoms with Crippen molar-refractivity contribution in [2.24, 2.45) is 0 Å². The number of aliphatic hydroxyl groups excluding tert-OH is 1. The topological polar surface area (TPSA) is 38.0 Å². The van der Waals surface area contributed by atoms with Gasteiger partial charge in [-0.15, -0.1) is 0 Å². The predicted molar refractivity (Wildman–Crippen MR) is 80.5 cm³/mol. The minimum Gasteiger partial charge on any atom is -0.387 e. The third kappa shape index (κ3) is 2.58. The molecule has 1 atom stereocenters. The molecule has 0 amide bonds. The first kappa shape index (κ1) is 12.9. The van der Waals surface area contributed by atoms with Gasteiger partial charge in [-0.25, -0.2) is 4.98 Å². The summed E-state index contributed by atoms with van der Waals surface area (Å²) < 4.78 is 1.88. The van der Waals surface area contributed by atoms with E-state index in [2.05, 4.69) is 42.2 Å². The summed E-state index contributed by atoms with van der Waals surface area (Å²) in [7, 11) is 0. The van der Waals surface area contributed by atoms with Crippen molar-refractivity contribution in [3.63, 3.8) is 0 Å². The lowest BCUT2D eigenvalue weighted by Crippen LogP contribution is -2.06. The number of nitrogens with zero attached hydrogens (tertiary/aromatic N) is 2. The first-order valence-electron chi connectivity index (χ1n) is 6.92. The second-order valence-electron chi connectivity index (χ2n) is 5.07. The molecule has 1 N–H and O–H groups in total. The van der Waals surface area contributed by atoms with Gasteiger partial charge in [-0.3, -0.25) is 0 Å². The van der Waals surface area contributed by atoms with E-state index in [0.717, 1.165) is 12.0 Å². The highest BCUT2D eigenvalue weighted by Gasteiger charge is 2.09. The second-order valence-corrected chi connectivity index (χ2v) is 5.07. The fourth-order valence-corrected chi connectivity index (χ4v) is 2.44. The van der Waals surface area contributed by atoms with Gasteiger partial charge in [-0.1, -0.05) is 37.3 Å². The lowest BCUT2D eigenvalue weighted by Gasteiger charge is -2.13. The molecule has 102 valence electrons. The second kappa shape index (κ2) is 5.47. The molecule has 0 saturated carbocycles. The molecule has 2 aromatic carbocycles. The summed E-state index contributed by atoms with van der Waals surface area (Å²) in [4.78, 5) is 3.99. The van der Waals surface area contributed by atoms with Crippen molar-refractivity contribution in [1.29, 1.82) is 0 Å². The number of imidazole rings is 1. The van der Waals surface area contributed by atoms with Gasteiger partial charge in [0.25, 0.3) is 0 Å². The third-order valence-corrected chi connectivity index (χ3v) is 3.66. The van der Waals surface area contributed by atoms with Crippen LogP contribution >= 0.6 is 0 Å².